The van der Waals surface area contributed by atoms with Crippen LogP contribution in [-0.2, 0) is 9.53 Å². The average molecular weight is 353 g/mol. The second-order valence-electron chi connectivity index (χ2n) is 10.5. The van der Waals surface area contributed by atoms with Crippen molar-refractivity contribution in [2.45, 2.75) is 70.3 Å². The number of rotatable bonds is 1. The first-order chi connectivity index (χ1) is 12.6. The highest BCUT2D eigenvalue weighted by atomic mass is 16.5. The van der Waals surface area contributed by atoms with Crippen LogP contribution < -0.4 is 0 Å². The number of fused-ring (bicyclic) bond motifs is 6. The minimum atomic E-state index is 0.0371. The summed E-state index contributed by atoms with van der Waals surface area (Å²) in [5.74, 6) is 5.46. The molecule has 0 aromatic carbocycles. The number of hydrogen-bond donors (Lipinski definition) is 0. The van der Waals surface area contributed by atoms with E-state index in [-0.39, 0.29) is 5.60 Å². The van der Waals surface area contributed by atoms with E-state index in [1.54, 1.807) is 5.57 Å². The smallest absolute Gasteiger partial charge is 0.155 e. The van der Waals surface area contributed by atoms with Crippen molar-refractivity contribution >= 4 is 5.78 Å². The molecule has 140 valence electrons. The second kappa shape index (κ2) is 5.34. The zero-order chi connectivity index (χ0) is 17.5. The Labute approximate surface area is 157 Å². The Balaban J connectivity index is 1.40. The van der Waals surface area contributed by atoms with E-state index in [4.69, 9.17) is 4.74 Å². The van der Waals surface area contributed by atoms with Crippen molar-refractivity contribution < 1.29 is 9.53 Å². The van der Waals surface area contributed by atoms with E-state index in [2.05, 4.69) is 25.2 Å². The van der Waals surface area contributed by atoms with E-state index in [0.717, 1.165) is 49.0 Å². The van der Waals surface area contributed by atoms with Gasteiger partial charge in [-0.15, -0.1) is 0 Å². The SMILES string of the molecule is C[C@]12CCC3C(C(C4CC4)CC4=CC(=O)CC[C@@H]43)C1CC[C@@]21C=CCO1. The quantitative estimate of drug-likeness (QED) is 0.615. The van der Waals surface area contributed by atoms with Crippen molar-refractivity contribution in [2.75, 3.05) is 6.61 Å². The van der Waals surface area contributed by atoms with E-state index in [1.807, 2.05) is 0 Å². The van der Waals surface area contributed by atoms with E-state index in [0.29, 0.717) is 17.1 Å². The van der Waals surface area contributed by atoms with Crippen LogP contribution in [-0.4, -0.2) is 18.0 Å². The zero-order valence-corrected chi connectivity index (χ0v) is 16.1. The van der Waals surface area contributed by atoms with Crippen LogP contribution in [0.4, 0.5) is 0 Å². The van der Waals surface area contributed by atoms with E-state index < -0.39 is 0 Å². The number of hydrogen-bond acceptors (Lipinski definition) is 2. The van der Waals surface area contributed by atoms with E-state index >= 15 is 0 Å². The minimum absolute atomic E-state index is 0.0371. The zero-order valence-electron chi connectivity index (χ0n) is 16.1. The van der Waals surface area contributed by atoms with Gasteiger partial charge in [0, 0.05) is 11.8 Å². The summed E-state index contributed by atoms with van der Waals surface area (Å²) in [6, 6.07) is 0. The van der Waals surface area contributed by atoms with Crippen molar-refractivity contribution in [1.82, 2.24) is 0 Å². The molecular formula is C24H32O2. The molecule has 0 bridgehead atoms. The first-order valence-electron chi connectivity index (χ1n) is 11.2. The monoisotopic (exact) mass is 352 g/mol. The Morgan fingerprint density at radius 3 is 2.73 bits per heavy atom. The van der Waals surface area contributed by atoms with Gasteiger partial charge in [-0.3, -0.25) is 4.79 Å². The molecule has 26 heavy (non-hydrogen) atoms. The summed E-state index contributed by atoms with van der Waals surface area (Å²) >= 11 is 0. The van der Waals surface area contributed by atoms with Crippen molar-refractivity contribution in [1.29, 1.82) is 0 Å². The molecule has 4 unspecified atom stereocenters. The predicted octanol–water partition coefficient (Wildman–Crippen LogP) is 5.09. The van der Waals surface area contributed by atoms with Gasteiger partial charge in [0.05, 0.1) is 12.2 Å². The van der Waals surface area contributed by atoms with Crippen molar-refractivity contribution in [3.8, 4) is 0 Å². The molecule has 1 heterocycles. The molecule has 0 aromatic heterocycles. The lowest BCUT2D eigenvalue weighted by Gasteiger charge is -2.58. The fourth-order valence-electron chi connectivity index (χ4n) is 8.32. The third kappa shape index (κ3) is 2.00. The summed E-state index contributed by atoms with van der Waals surface area (Å²) in [7, 11) is 0. The van der Waals surface area contributed by atoms with Gasteiger partial charge in [-0.1, -0.05) is 24.6 Å². The average Bonchev–Trinajstić information content (AvgIpc) is 3.29. The summed E-state index contributed by atoms with van der Waals surface area (Å²) in [6.45, 7) is 3.39. The molecule has 6 aliphatic rings. The number of carbonyl (C=O) groups excluding carboxylic acids is 1. The summed E-state index contributed by atoms with van der Waals surface area (Å²) in [4.78, 5) is 12.1. The van der Waals surface area contributed by atoms with Gasteiger partial charge in [0.25, 0.3) is 0 Å². The fraction of sp³-hybridized carbons (Fsp3) is 0.792. The first-order valence-corrected chi connectivity index (χ1v) is 11.2. The summed E-state index contributed by atoms with van der Waals surface area (Å²) in [5.41, 5.74) is 1.92. The lowest BCUT2D eigenvalue weighted by Crippen LogP contribution is -2.54. The molecular weight excluding hydrogens is 320 g/mol. The first kappa shape index (κ1) is 16.1. The van der Waals surface area contributed by atoms with Crippen LogP contribution in [0.25, 0.3) is 0 Å². The molecule has 0 N–H and O–H groups in total. The highest BCUT2D eigenvalue weighted by Gasteiger charge is 2.65. The molecule has 1 spiro atoms. The van der Waals surface area contributed by atoms with Gasteiger partial charge in [0.1, 0.15) is 0 Å². The number of allylic oxidation sites excluding steroid dienone is 1. The second-order valence-corrected chi connectivity index (χ2v) is 10.5. The van der Waals surface area contributed by atoms with Crippen molar-refractivity contribution in [2.24, 2.45) is 40.9 Å². The van der Waals surface area contributed by atoms with Crippen LogP contribution in [0.5, 0.6) is 0 Å². The molecule has 0 amide bonds. The maximum Gasteiger partial charge on any atom is 0.155 e. The standard InChI is InChI=1S/C24H32O2/c1-23-10-7-19-18-6-5-17(25)13-16(18)14-20(15-3-4-15)22(19)21(23)8-11-24(23)9-2-12-26-24/h2,9,13,15,18-22H,3-8,10-12,14H2,1H3/t18-,19?,20?,21?,22?,23-,24-/m0/s1. The van der Waals surface area contributed by atoms with Crippen LogP contribution in [0.3, 0.4) is 0 Å². The van der Waals surface area contributed by atoms with Crippen LogP contribution in [0.1, 0.15) is 64.7 Å². The molecule has 7 atom stereocenters. The molecule has 6 rings (SSSR count). The number of ether oxygens (including phenoxy) is 1. The van der Waals surface area contributed by atoms with Gasteiger partial charge in [0.2, 0.25) is 0 Å². The molecule has 2 heteroatoms. The van der Waals surface area contributed by atoms with E-state index in [9.17, 15) is 4.79 Å². The Morgan fingerprint density at radius 1 is 1.08 bits per heavy atom. The van der Waals surface area contributed by atoms with Gasteiger partial charge in [-0.2, -0.15) is 0 Å². The van der Waals surface area contributed by atoms with E-state index in [1.165, 1.54) is 44.9 Å². The molecule has 4 saturated carbocycles. The summed E-state index contributed by atoms with van der Waals surface area (Å²) in [6.07, 6.45) is 18.1. The van der Waals surface area contributed by atoms with Crippen LogP contribution in [0.2, 0.25) is 0 Å². The Morgan fingerprint density at radius 2 is 1.96 bits per heavy atom. The predicted molar refractivity (Wildman–Crippen MR) is 102 cm³/mol. The molecule has 0 saturated heterocycles. The molecule has 5 aliphatic carbocycles. The highest BCUT2D eigenvalue weighted by Crippen LogP contribution is 2.69. The van der Waals surface area contributed by atoms with Crippen molar-refractivity contribution in [3.63, 3.8) is 0 Å². The summed E-state index contributed by atoms with van der Waals surface area (Å²) in [5, 5.41) is 0. The minimum Gasteiger partial charge on any atom is -0.366 e. The maximum absolute atomic E-state index is 12.1. The summed E-state index contributed by atoms with van der Waals surface area (Å²) < 4.78 is 6.42. The fourth-order valence-corrected chi connectivity index (χ4v) is 8.32. The normalized spacial score (nSPS) is 52.6. The van der Waals surface area contributed by atoms with Gasteiger partial charge >= 0.3 is 0 Å². The van der Waals surface area contributed by atoms with Crippen LogP contribution in [0, 0.1) is 40.9 Å². The van der Waals surface area contributed by atoms with Gasteiger partial charge in [0.15, 0.2) is 5.78 Å². The van der Waals surface area contributed by atoms with Crippen molar-refractivity contribution in [3.05, 3.63) is 23.8 Å². The maximum atomic E-state index is 12.1. The highest BCUT2D eigenvalue weighted by molar-refractivity contribution is 5.91. The number of ketones is 1. The molecule has 4 fully saturated rings. The Kier molecular flexibility index (Phi) is 3.31. The molecule has 0 radical (unpaired) electrons. The largest absolute Gasteiger partial charge is 0.366 e. The van der Waals surface area contributed by atoms with Gasteiger partial charge in [-0.05, 0) is 93.0 Å². The lowest BCUT2D eigenvalue weighted by atomic mass is 9.47. The lowest BCUT2D eigenvalue weighted by molar-refractivity contribution is -0.126. The van der Waals surface area contributed by atoms with Crippen LogP contribution in [0.15, 0.2) is 23.8 Å². The van der Waals surface area contributed by atoms with Gasteiger partial charge in [-0.25, -0.2) is 0 Å². The molecule has 0 aromatic rings. The Hall–Kier alpha value is -0.890. The number of carbonyl (C=O) groups is 1. The Bertz CT molecular complexity index is 701. The molecule has 1 aliphatic heterocycles. The third-order valence-corrected chi connectivity index (χ3v) is 9.63. The third-order valence-electron chi connectivity index (χ3n) is 9.63. The molecule has 2 nitrogen and oxygen atoms in total. The van der Waals surface area contributed by atoms with Crippen LogP contribution >= 0.6 is 0 Å². The topological polar surface area (TPSA) is 26.3 Å². The van der Waals surface area contributed by atoms with Gasteiger partial charge < -0.3 is 4.74 Å².